The quantitative estimate of drug-likeness (QED) is 0.805. The van der Waals surface area contributed by atoms with Gasteiger partial charge in [0, 0.05) is 24.6 Å². The van der Waals surface area contributed by atoms with Crippen molar-refractivity contribution in [1.82, 2.24) is 4.90 Å². The Hall–Kier alpha value is -0.420. The maximum Gasteiger partial charge on any atom is 0.0615 e. The molecule has 3 nitrogen and oxygen atoms in total. The van der Waals surface area contributed by atoms with Gasteiger partial charge in [0.15, 0.2) is 0 Å². The Morgan fingerprint density at radius 2 is 2.33 bits per heavy atom. The van der Waals surface area contributed by atoms with E-state index in [2.05, 4.69) is 30.3 Å². The molecular formula is C11H20N2OS. The molecule has 1 aromatic rings. The second-order valence-corrected chi connectivity index (χ2v) is 4.85. The van der Waals surface area contributed by atoms with Crippen molar-refractivity contribution in [2.24, 2.45) is 5.73 Å². The maximum absolute atomic E-state index is 6.10. The van der Waals surface area contributed by atoms with Crippen LogP contribution >= 0.6 is 11.3 Å². The predicted molar refractivity (Wildman–Crippen MR) is 65.2 cm³/mol. The van der Waals surface area contributed by atoms with E-state index < -0.39 is 0 Å². The highest BCUT2D eigenvalue weighted by Crippen LogP contribution is 2.17. The van der Waals surface area contributed by atoms with E-state index in [0.717, 1.165) is 13.2 Å². The Kier molecular flexibility index (Phi) is 5.25. The van der Waals surface area contributed by atoms with Gasteiger partial charge in [-0.2, -0.15) is 0 Å². The topological polar surface area (TPSA) is 38.5 Å². The van der Waals surface area contributed by atoms with Crippen molar-refractivity contribution in [2.75, 3.05) is 27.3 Å². The lowest BCUT2D eigenvalue weighted by atomic mass is 10.2. The minimum atomic E-state index is 0.106. The van der Waals surface area contributed by atoms with Gasteiger partial charge in [-0.15, -0.1) is 11.3 Å². The van der Waals surface area contributed by atoms with Crippen LogP contribution in [0.1, 0.15) is 17.8 Å². The van der Waals surface area contributed by atoms with Crippen LogP contribution in [0, 0.1) is 0 Å². The molecule has 4 heteroatoms. The Morgan fingerprint density at radius 3 is 2.87 bits per heavy atom. The molecular weight excluding hydrogens is 208 g/mol. The van der Waals surface area contributed by atoms with Crippen LogP contribution in [0.5, 0.6) is 0 Å². The van der Waals surface area contributed by atoms with E-state index in [4.69, 9.17) is 10.5 Å². The molecule has 1 rings (SSSR count). The second kappa shape index (κ2) is 6.23. The zero-order valence-corrected chi connectivity index (χ0v) is 10.5. The molecule has 0 saturated heterocycles. The average Bonchev–Trinajstić information content (AvgIpc) is 2.70. The van der Waals surface area contributed by atoms with Crippen molar-refractivity contribution in [3.8, 4) is 0 Å². The number of methoxy groups -OCH3 is 1. The standard InChI is InChI=1S/C11H20N2OS/c1-9(8-14-3)13(2)7-10(12)11-5-4-6-15-11/h4-6,9-10H,7-8,12H2,1-3H3. The summed E-state index contributed by atoms with van der Waals surface area (Å²) in [4.78, 5) is 3.47. The first-order chi connectivity index (χ1) is 7.15. The van der Waals surface area contributed by atoms with E-state index >= 15 is 0 Å². The summed E-state index contributed by atoms with van der Waals surface area (Å²) < 4.78 is 5.12. The van der Waals surface area contributed by atoms with Gasteiger partial charge >= 0.3 is 0 Å². The summed E-state index contributed by atoms with van der Waals surface area (Å²) in [6, 6.07) is 4.64. The van der Waals surface area contributed by atoms with Gasteiger partial charge in [-0.3, -0.25) is 4.90 Å². The van der Waals surface area contributed by atoms with Gasteiger partial charge in [-0.05, 0) is 25.4 Å². The van der Waals surface area contributed by atoms with Crippen molar-refractivity contribution in [2.45, 2.75) is 19.0 Å². The summed E-state index contributed by atoms with van der Waals surface area (Å²) in [5.74, 6) is 0. The van der Waals surface area contributed by atoms with Crippen molar-refractivity contribution >= 4 is 11.3 Å². The molecule has 0 radical (unpaired) electrons. The maximum atomic E-state index is 6.10. The molecule has 0 aromatic carbocycles. The third-order valence-corrected chi connectivity index (χ3v) is 3.56. The molecule has 0 spiro atoms. The molecule has 86 valence electrons. The Balaban J connectivity index is 2.40. The highest BCUT2D eigenvalue weighted by molar-refractivity contribution is 7.10. The van der Waals surface area contributed by atoms with Gasteiger partial charge in [-0.1, -0.05) is 6.07 Å². The predicted octanol–water partition coefficient (Wildman–Crippen LogP) is 1.71. The number of rotatable bonds is 6. The number of ether oxygens (including phenoxy) is 1. The van der Waals surface area contributed by atoms with Crippen molar-refractivity contribution in [3.05, 3.63) is 22.4 Å². The fraction of sp³-hybridized carbons (Fsp3) is 0.636. The van der Waals surface area contributed by atoms with Gasteiger partial charge in [0.05, 0.1) is 12.6 Å². The molecule has 0 aliphatic rings. The molecule has 0 saturated carbocycles. The summed E-state index contributed by atoms with van der Waals surface area (Å²) in [5, 5.41) is 2.06. The van der Waals surface area contributed by atoms with Gasteiger partial charge in [0.1, 0.15) is 0 Å². The number of thiophene rings is 1. The van der Waals surface area contributed by atoms with E-state index in [-0.39, 0.29) is 6.04 Å². The molecule has 1 aromatic heterocycles. The van der Waals surface area contributed by atoms with Crippen LogP contribution in [0.4, 0.5) is 0 Å². The molecule has 0 fully saturated rings. The van der Waals surface area contributed by atoms with Crippen molar-refractivity contribution in [1.29, 1.82) is 0 Å². The number of nitrogens with zero attached hydrogens (tertiary/aromatic N) is 1. The van der Waals surface area contributed by atoms with Gasteiger partial charge < -0.3 is 10.5 Å². The second-order valence-electron chi connectivity index (χ2n) is 3.87. The van der Waals surface area contributed by atoms with Crippen LogP contribution in [0.2, 0.25) is 0 Å². The Bertz CT molecular complexity index is 264. The lowest BCUT2D eigenvalue weighted by Gasteiger charge is -2.26. The average molecular weight is 228 g/mol. The van der Waals surface area contributed by atoms with Crippen LogP contribution in [-0.2, 0) is 4.74 Å². The minimum Gasteiger partial charge on any atom is -0.383 e. The highest BCUT2D eigenvalue weighted by Gasteiger charge is 2.14. The van der Waals surface area contributed by atoms with Gasteiger partial charge in [-0.25, -0.2) is 0 Å². The van der Waals surface area contributed by atoms with E-state index in [1.807, 2.05) is 6.07 Å². The molecule has 0 bridgehead atoms. The fourth-order valence-electron chi connectivity index (χ4n) is 1.45. The number of likely N-dealkylation sites (N-methyl/N-ethyl adjacent to an activating group) is 1. The number of nitrogens with two attached hydrogens (primary N) is 1. The Labute approximate surface area is 95.8 Å². The van der Waals surface area contributed by atoms with E-state index in [1.165, 1.54) is 4.88 Å². The van der Waals surface area contributed by atoms with Crippen LogP contribution in [0.25, 0.3) is 0 Å². The zero-order valence-electron chi connectivity index (χ0n) is 9.64. The molecule has 2 unspecified atom stereocenters. The molecule has 15 heavy (non-hydrogen) atoms. The summed E-state index contributed by atoms with van der Waals surface area (Å²) in [7, 11) is 3.81. The van der Waals surface area contributed by atoms with E-state index in [0.29, 0.717) is 6.04 Å². The lowest BCUT2D eigenvalue weighted by Crippen LogP contribution is -2.37. The monoisotopic (exact) mass is 228 g/mol. The molecule has 1 heterocycles. The summed E-state index contributed by atoms with van der Waals surface area (Å²) in [6.07, 6.45) is 0. The first-order valence-electron chi connectivity index (χ1n) is 5.13. The number of hydrogen-bond acceptors (Lipinski definition) is 4. The van der Waals surface area contributed by atoms with E-state index in [1.54, 1.807) is 18.4 Å². The molecule has 0 aliphatic carbocycles. The zero-order chi connectivity index (χ0) is 11.3. The van der Waals surface area contributed by atoms with Gasteiger partial charge in [0.2, 0.25) is 0 Å². The van der Waals surface area contributed by atoms with Crippen LogP contribution in [-0.4, -0.2) is 38.3 Å². The molecule has 0 amide bonds. The first-order valence-corrected chi connectivity index (χ1v) is 6.01. The summed E-state index contributed by atoms with van der Waals surface area (Å²) in [6.45, 7) is 3.75. The molecule has 0 aliphatic heterocycles. The van der Waals surface area contributed by atoms with Crippen molar-refractivity contribution in [3.63, 3.8) is 0 Å². The lowest BCUT2D eigenvalue weighted by molar-refractivity contribution is 0.112. The van der Waals surface area contributed by atoms with Crippen LogP contribution in [0.15, 0.2) is 17.5 Å². The first kappa shape index (κ1) is 12.6. The highest BCUT2D eigenvalue weighted by atomic mass is 32.1. The Morgan fingerprint density at radius 1 is 1.60 bits per heavy atom. The third-order valence-electron chi connectivity index (χ3n) is 2.55. The number of hydrogen-bond donors (Lipinski definition) is 1. The smallest absolute Gasteiger partial charge is 0.0615 e. The van der Waals surface area contributed by atoms with Gasteiger partial charge in [0.25, 0.3) is 0 Å². The van der Waals surface area contributed by atoms with Crippen LogP contribution < -0.4 is 5.73 Å². The molecule has 2 N–H and O–H groups in total. The van der Waals surface area contributed by atoms with Crippen molar-refractivity contribution < 1.29 is 4.74 Å². The fourth-order valence-corrected chi connectivity index (χ4v) is 2.17. The normalized spacial score (nSPS) is 15.5. The SMILES string of the molecule is COCC(C)N(C)CC(N)c1cccs1. The summed E-state index contributed by atoms with van der Waals surface area (Å²) >= 11 is 1.72. The summed E-state index contributed by atoms with van der Waals surface area (Å²) in [5.41, 5.74) is 6.10. The molecule has 2 atom stereocenters. The van der Waals surface area contributed by atoms with E-state index in [9.17, 15) is 0 Å². The largest absolute Gasteiger partial charge is 0.383 e. The third kappa shape index (κ3) is 3.91. The minimum absolute atomic E-state index is 0.106. The van der Waals surface area contributed by atoms with Crippen LogP contribution in [0.3, 0.4) is 0 Å².